The average molecular weight is 237 g/mol. The lowest BCUT2D eigenvalue weighted by Gasteiger charge is -2.42. The van der Waals surface area contributed by atoms with Gasteiger partial charge in [-0.15, -0.1) is 0 Å². The minimum absolute atomic E-state index is 0.110. The first-order chi connectivity index (χ1) is 8.11. The Morgan fingerprint density at radius 2 is 1.88 bits per heavy atom. The molecule has 1 heterocycles. The minimum Gasteiger partial charge on any atom is -0.377 e. The molecule has 3 nitrogen and oxygen atoms in total. The SMILES string of the molecule is CC1(C)COCCN1C(=O)C1C2CCCCC21. The molecule has 3 rings (SSSR count). The van der Waals surface area contributed by atoms with E-state index in [1.54, 1.807) is 0 Å². The van der Waals surface area contributed by atoms with E-state index in [2.05, 4.69) is 18.7 Å². The molecule has 3 fully saturated rings. The predicted molar refractivity (Wildman–Crippen MR) is 65.5 cm³/mol. The molecule has 17 heavy (non-hydrogen) atoms. The first-order valence-electron chi connectivity index (χ1n) is 7.00. The molecule has 0 aromatic heterocycles. The van der Waals surface area contributed by atoms with Gasteiger partial charge in [-0.1, -0.05) is 12.8 Å². The summed E-state index contributed by atoms with van der Waals surface area (Å²) in [6, 6.07) is 0. The normalized spacial score (nSPS) is 39.6. The van der Waals surface area contributed by atoms with Crippen LogP contribution in [0.3, 0.4) is 0 Å². The fraction of sp³-hybridized carbons (Fsp3) is 0.929. The van der Waals surface area contributed by atoms with Crippen LogP contribution in [-0.4, -0.2) is 36.1 Å². The maximum Gasteiger partial charge on any atom is 0.226 e. The lowest BCUT2D eigenvalue weighted by atomic mass is 10.0. The van der Waals surface area contributed by atoms with Crippen LogP contribution in [0.2, 0.25) is 0 Å². The van der Waals surface area contributed by atoms with Gasteiger partial charge in [0, 0.05) is 12.5 Å². The molecule has 0 aromatic rings. The Morgan fingerprint density at radius 1 is 1.24 bits per heavy atom. The third-order valence-corrected chi connectivity index (χ3v) is 4.85. The van der Waals surface area contributed by atoms with Gasteiger partial charge in [-0.25, -0.2) is 0 Å². The van der Waals surface area contributed by atoms with E-state index in [1.807, 2.05) is 0 Å². The quantitative estimate of drug-likeness (QED) is 0.698. The van der Waals surface area contributed by atoms with Crippen LogP contribution in [0.15, 0.2) is 0 Å². The molecule has 96 valence electrons. The Hall–Kier alpha value is -0.570. The van der Waals surface area contributed by atoms with Crippen molar-refractivity contribution in [3.63, 3.8) is 0 Å². The fourth-order valence-electron chi connectivity index (χ4n) is 3.81. The number of rotatable bonds is 1. The van der Waals surface area contributed by atoms with Crippen molar-refractivity contribution in [2.75, 3.05) is 19.8 Å². The van der Waals surface area contributed by atoms with E-state index in [9.17, 15) is 4.79 Å². The van der Waals surface area contributed by atoms with Crippen LogP contribution >= 0.6 is 0 Å². The number of morpholine rings is 1. The second kappa shape index (κ2) is 3.98. The van der Waals surface area contributed by atoms with Gasteiger partial charge in [-0.3, -0.25) is 4.79 Å². The maximum absolute atomic E-state index is 12.6. The molecule has 0 spiro atoms. The summed E-state index contributed by atoms with van der Waals surface area (Å²) in [4.78, 5) is 14.7. The van der Waals surface area contributed by atoms with Gasteiger partial charge in [-0.05, 0) is 38.5 Å². The zero-order chi connectivity index (χ0) is 12.0. The van der Waals surface area contributed by atoms with Gasteiger partial charge in [0.2, 0.25) is 5.91 Å². The monoisotopic (exact) mass is 237 g/mol. The Kier molecular flexibility index (Phi) is 2.69. The van der Waals surface area contributed by atoms with E-state index in [0.29, 0.717) is 25.0 Å². The van der Waals surface area contributed by atoms with E-state index in [-0.39, 0.29) is 5.54 Å². The van der Waals surface area contributed by atoms with E-state index >= 15 is 0 Å². The molecule has 0 radical (unpaired) electrons. The summed E-state index contributed by atoms with van der Waals surface area (Å²) in [7, 11) is 0. The Labute approximate surface area is 104 Å². The molecule has 0 N–H and O–H groups in total. The predicted octanol–water partition coefficient (Wildman–Crippen LogP) is 2.06. The Balaban J connectivity index is 1.70. The smallest absolute Gasteiger partial charge is 0.226 e. The lowest BCUT2D eigenvalue weighted by molar-refractivity contribution is -0.148. The van der Waals surface area contributed by atoms with Crippen molar-refractivity contribution >= 4 is 5.91 Å². The number of nitrogens with zero attached hydrogens (tertiary/aromatic N) is 1. The highest BCUT2D eigenvalue weighted by atomic mass is 16.5. The summed E-state index contributed by atoms with van der Waals surface area (Å²) in [6.45, 7) is 6.41. The maximum atomic E-state index is 12.6. The van der Waals surface area contributed by atoms with Crippen molar-refractivity contribution in [2.24, 2.45) is 17.8 Å². The summed E-state index contributed by atoms with van der Waals surface area (Å²) >= 11 is 0. The van der Waals surface area contributed by atoms with E-state index in [1.165, 1.54) is 25.7 Å². The van der Waals surface area contributed by atoms with Crippen molar-refractivity contribution in [2.45, 2.75) is 45.1 Å². The van der Waals surface area contributed by atoms with Crippen LogP contribution in [0.4, 0.5) is 0 Å². The second-order valence-electron chi connectivity index (χ2n) is 6.49. The molecular formula is C14H23NO2. The Bertz CT molecular complexity index is 314. The molecule has 3 heteroatoms. The minimum atomic E-state index is -0.110. The van der Waals surface area contributed by atoms with Crippen LogP contribution < -0.4 is 0 Å². The van der Waals surface area contributed by atoms with Crippen LogP contribution in [0.5, 0.6) is 0 Å². The fourth-order valence-corrected chi connectivity index (χ4v) is 3.81. The topological polar surface area (TPSA) is 29.5 Å². The number of carbonyl (C=O) groups excluding carboxylic acids is 1. The van der Waals surface area contributed by atoms with Gasteiger partial charge in [-0.2, -0.15) is 0 Å². The third kappa shape index (κ3) is 1.88. The molecule has 1 saturated heterocycles. The van der Waals surface area contributed by atoms with Gasteiger partial charge < -0.3 is 9.64 Å². The number of ether oxygens (including phenoxy) is 1. The largest absolute Gasteiger partial charge is 0.377 e. The number of carbonyl (C=O) groups is 1. The molecule has 0 bridgehead atoms. The van der Waals surface area contributed by atoms with Crippen molar-refractivity contribution < 1.29 is 9.53 Å². The van der Waals surface area contributed by atoms with Crippen LogP contribution in [-0.2, 0) is 9.53 Å². The summed E-state index contributed by atoms with van der Waals surface area (Å²) < 4.78 is 5.49. The second-order valence-corrected chi connectivity index (χ2v) is 6.49. The van der Waals surface area contributed by atoms with Crippen LogP contribution in [0.25, 0.3) is 0 Å². The molecule has 3 aliphatic rings. The van der Waals surface area contributed by atoms with Crippen molar-refractivity contribution in [1.82, 2.24) is 4.90 Å². The molecule has 1 amide bonds. The molecule has 2 aliphatic carbocycles. The van der Waals surface area contributed by atoms with E-state index in [0.717, 1.165) is 18.4 Å². The average Bonchev–Trinajstić information content (AvgIpc) is 3.01. The number of hydrogen-bond acceptors (Lipinski definition) is 2. The molecule has 0 aromatic carbocycles. The summed E-state index contributed by atoms with van der Waals surface area (Å²) in [5.41, 5.74) is -0.110. The van der Waals surface area contributed by atoms with Crippen LogP contribution in [0, 0.1) is 17.8 Å². The van der Waals surface area contributed by atoms with Crippen LogP contribution in [0.1, 0.15) is 39.5 Å². The molecule has 2 atom stereocenters. The van der Waals surface area contributed by atoms with E-state index < -0.39 is 0 Å². The van der Waals surface area contributed by atoms with Gasteiger partial charge in [0.05, 0.1) is 18.8 Å². The van der Waals surface area contributed by atoms with Crippen molar-refractivity contribution in [3.8, 4) is 0 Å². The van der Waals surface area contributed by atoms with Gasteiger partial charge in [0.15, 0.2) is 0 Å². The standard InChI is InChI=1S/C14H23NO2/c1-14(2)9-17-8-7-15(14)13(16)12-10-5-3-4-6-11(10)12/h10-12H,3-9H2,1-2H3. The first-order valence-corrected chi connectivity index (χ1v) is 7.00. The molecule has 2 saturated carbocycles. The molecule has 1 aliphatic heterocycles. The number of hydrogen-bond donors (Lipinski definition) is 0. The lowest BCUT2D eigenvalue weighted by Crippen LogP contribution is -2.56. The number of amides is 1. The van der Waals surface area contributed by atoms with Gasteiger partial charge in [0.1, 0.15) is 0 Å². The third-order valence-electron chi connectivity index (χ3n) is 4.85. The molecular weight excluding hydrogens is 214 g/mol. The van der Waals surface area contributed by atoms with Crippen molar-refractivity contribution in [3.05, 3.63) is 0 Å². The molecule has 2 unspecified atom stereocenters. The Morgan fingerprint density at radius 3 is 2.47 bits per heavy atom. The highest BCUT2D eigenvalue weighted by Crippen LogP contribution is 2.56. The number of fused-ring (bicyclic) bond motifs is 1. The highest BCUT2D eigenvalue weighted by molar-refractivity contribution is 5.83. The van der Waals surface area contributed by atoms with E-state index in [4.69, 9.17) is 4.74 Å². The van der Waals surface area contributed by atoms with Gasteiger partial charge in [0.25, 0.3) is 0 Å². The van der Waals surface area contributed by atoms with Gasteiger partial charge >= 0.3 is 0 Å². The highest BCUT2D eigenvalue weighted by Gasteiger charge is 2.57. The first kappa shape index (κ1) is 11.5. The zero-order valence-electron chi connectivity index (χ0n) is 10.9. The summed E-state index contributed by atoms with van der Waals surface area (Å²) in [5.74, 6) is 2.20. The zero-order valence-corrected chi connectivity index (χ0v) is 10.9. The summed E-state index contributed by atoms with van der Waals surface area (Å²) in [5, 5.41) is 0. The van der Waals surface area contributed by atoms with Crippen molar-refractivity contribution in [1.29, 1.82) is 0 Å². The summed E-state index contributed by atoms with van der Waals surface area (Å²) in [6.07, 6.45) is 5.23.